The fourth-order valence-corrected chi connectivity index (χ4v) is 5.46. The standard InChI is InChI=1S/C30H40N4O8/c1-39-13-5-9-31-21-17-19-24-23-20(28(36)33(11-7-15-41-3)29(37)25(21)23)18-22(32-10-6-14-40-2)26(24)30(38)34(27(19)35)12-8-16-42-4/h17-18,31-32H,5-16H2,1-4H3. The van der Waals surface area contributed by atoms with Crippen molar-refractivity contribution in [3.8, 4) is 0 Å². The highest BCUT2D eigenvalue weighted by molar-refractivity contribution is 6.36. The zero-order valence-corrected chi connectivity index (χ0v) is 24.8. The molecule has 0 atom stereocenters. The Morgan fingerprint density at radius 2 is 0.905 bits per heavy atom. The van der Waals surface area contributed by atoms with Crippen LogP contribution in [0.4, 0.5) is 11.4 Å². The smallest absolute Gasteiger partial charge is 0.263 e. The fourth-order valence-electron chi connectivity index (χ4n) is 5.46. The molecule has 2 aromatic rings. The number of carbonyl (C=O) groups is 4. The van der Waals surface area contributed by atoms with Crippen LogP contribution in [0.25, 0.3) is 10.8 Å². The molecule has 42 heavy (non-hydrogen) atoms. The predicted molar refractivity (Wildman–Crippen MR) is 158 cm³/mol. The van der Waals surface area contributed by atoms with Crippen molar-refractivity contribution >= 4 is 45.8 Å². The van der Waals surface area contributed by atoms with Crippen LogP contribution < -0.4 is 10.6 Å². The van der Waals surface area contributed by atoms with E-state index in [0.717, 1.165) is 0 Å². The summed E-state index contributed by atoms with van der Waals surface area (Å²) in [5, 5.41) is 7.25. The maximum Gasteiger partial charge on any atom is 0.263 e. The van der Waals surface area contributed by atoms with E-state index in [2.05, 4.69) is 10.6 Å². The summed E-state index contributed by atoms with van der Waals surface area (Å²) in [5.41, 5.74) is 1.97. The van der Waals surface area contributed by atoms with Gasteiger partial charge >= 0.3 is 0 Å². The van der Waals surface area contributed by atoms with Gasteiger partial charge in [-0.2, -0.15) is 0 Å². The Hall–Kier alpha value is -3.58. The zero-order chi connectivity index (χ0) is 30.2. The van der Waals surface area contributed by atoms with Crippen LogP contribution in [0.5, 0.6) is 0 Å². The summed E-state index contributed by atoms with van der Waals surface area (Å²) >= 11 is 0. The van der Waals surface area contributed by atoms with E-state index in [0.29, 0.717) is 87.3 Å². The molecule has 0 saturated heterocycles. The fraction of sp³-hybridized carbons (Fsp3) is 0.533. The van der Waals surface area contributed by atoms with E-state index in [1.807, 2.05) is 0 Å². The number of methoxy groups -OCH3 is 4. The van der Waals surface area contributed by atoms with Crippen LogP contribution in [0.1, 0.15) is 67.1 Å². The zero-order valence-electron chi connectivity index (χ0n) is 24.8. The predicted octanol–water partition coefficient (Wildman–Crippen LogP) is 3.00. The van der Waals surface area contributed by atoms with Crippen LogP contribution in [-0.4, -0.2) is 114 Å². The first-order valence-corrected chi connectivity index (χ1v) is 14.2. The lowest BCUT2D eigenvalue weighted by molar-refractivity contribution is 0.0574. The SMILES string of the molecule is COCCCNc1cc2c3c(c(NCCCOC)cc4c3c1C(=O)N(CCCOC)C4=O)C(=O)N(CCCOC)C2=O. The lowest BCUT2D eigenvalue weighted by Gasteiger charge is -2.34. The minimum atomic E-state index is -0.474. The Kier molecular flexibility index (Phi) is 10.9. The third kappa shape index (κ3) is 6.12. The van der Waals surface area contributed by atoms with E-state index >= 15 is 0 Å². The Morgan fingerprint density at radius 3 is 1.26 bits per heavy atom. The molecule has 0 radical (unpaired) electrons. The van der Waals surface area contributed by atoms with Crippen molar-refractivity contribution in [3.63, 3.8) is 0 Å². The van der Waals surface area contributed by atoms with Gasteiger partial charge in [0.15, 0.2) is 0 Å². The van der Waals surface area contributed by atoms with Crippen LogP contribution in [0.15, 0.2) is 12.1 Å². The molecule has 2 aliphatic rings. The molecular formula is C30H40N4O8. The second kappa shape index (κ2) is 14.5. The molecule has 2 aromatic carbocycles. The average Bonchev–Trinajstić information content (AvgIpc) is 2.98. The van der Waals surface area contributed by atoms with Crippen LogP contribution in [0, 0.1) is 0 Å². The molecule has 4 amide bonds. The summed E-state index contributed by atoms with van der Waals surface area (Å²) in [6.45, 7) is 3.06. The van der Waals surface area contributed by atoms with Gasteiger partial charge in [0, 0.05) is 103 Å². The highest BCUT2D eigenvalue weighted by Gasteiger charge is 2.42. The van der Waals surface area contributed by atoms with E-state index in [9.17, 15) is 19.2 Å². The summed E-state index contributed by atoms with van der Waals surface area (Å²) in [6.07, 6.45) is 2.25. The van der Waals surface area contributed by atoms with E-state index in [1.165, 1.54) is 9.80 Å². The van der Waals surface area contributed by atoms with Crippen molar-refractivity contribution in [2.75, 3.05) is 91.7 Å². The lowest BCUT2D eigenvalue weighted by Crippen LogP contribution is -2.44. The van der Waals surface area contributed by atoms with Crippen molar-refractivity contribution in [2.24, 2.45) is 0 Å². The molecule has 0 aliphatic carbocycles. The Balaban J connectivity index is 1.94. The number of ether oxygens (including phenoxy) is 4. The second-order valence-corrected chi connectivity index (χ2v) is 10.2. The van der Waals surface area contributed by atoms with Gasteiger partial charge in [0.1, 0.15) is 0 Å². The van der Waals surface area contributed by atoms with E-state index in [1.54, 1.807) is 40.6 Å². The molecule has 12 nitrogen and oxygen atoms in total. The van der Waals surface area contributed by atoms with Gasteiger partial charge in [0.05, 0.1) is 22.3 Å². The monoisotopic (exact) mass is 584 g/mol. The first-order valence-electron chi connectivity index (χ1n) is 14.2. The van der Waals surface area contributed by atoms with Gasteiger partial charge in [0.25, 0.3) is 23.6 Å². The maximum atomic E-state index is 14.0. The first kappa shape index (κ1) is 31.4. The largest absolute Gasteiger partial charge is 0.385 e. The molecule has 4 rings (SSSR count). The maximum absolute atomic E-state index is 14.0. The molecule has 2 N–H and O–H groups in total. The summed E-state index contributed by atoms with van der Waals surface area (Å²) in [4.78, 5) is 58.1. The third-order valence-electron chi connectivity index (χ3n) is 7.42. The molecular weight excluding hydrogens is 544 g/mol. The number of nitrogens with zero attached hydrogens (tertiary/aromatic N) is 2. The summed E-state index contributed by atoms with van der Waals surface area (Å²) < 4.78 is 20.6. The van der Waals surface area contributed by atoms with Gasteiger partial charge in [0.2, 0.25) is 0 Å². The van der Waals surface area contributed by atoms with Crippen LogP contribution >= 0.6 is 0 Å². The number of hydrogen-bond acceptors (Lipinski definition) is 10. The number of imide groups is 2. The second-order valence-electron chi connectivity index (χ2n) is 10.2. The minimum Gasteiger partial charge on any atom is -0.385 e. The van der Waals surface area contributed by atoms with E-state index in [-0.39, 0.29) is 35.3 Å². The molecule has 0 saturated carbocycles. The van der Waals surface area contributed by atoms with E-state index in [4.69, 9.17) is 18.9 Å². The summed E-state index contributed by atoms with van der Waals surface area (Å²) in [5.74, 6) is -1.89. The van der Waals surface area contributed by atoms with Gasteiger partial charge in [-0.05, 0) is 37.8 Å². The van der Waals surface area contributed by atoms with Gasteiger partial charge in [-0.25, -0.2) is 0 Å². The summed E-state index contributed by atoms with van der Waals surface area (Å²) in [7, 11) is 6.35. The Morgan fingerprint density at radius 1 is 0.548 bits per heavy atom. The Labute approximate surface area is 245 Å². The number of rotatable bonds is 18. The molecule has 0 spiro atoms. The van der Waals surface area contributed by atoms with Crippen molar-refractivity contribution < 1.29 is 38.1 Å². The minimum absolute atomic E-state index is 0.167. The van der Waals surface area contributed by atoms with Crippen LogP contribution in [0.2, 0.25) is 0 Å². The molecule has 0 fully saturated rings. The number of carbonyl (C=O) groups excluding carboxylic acids is 4. The molecule has 0 unspecified atom stereocenters. The van der Waals surface area contributed by atoms with Crippen LogP contribution in [0.3, 0.4) is 0 Å². The van der Waals surface area contributed by atoms with Gasteiger partial charge < -0.3 is 29.6 Å². The highest BCUT2D eigenvalue weighted by atomic mass is 16.5. The van der Waals surface area contributed by atoms with Crippen molar-refractivity contribution in [1.29, 1.82) is 0 Å². The Bertz CT molecular complexity index is 1240. The van der Waals surface area contributed by atoms with Gasteiger partial charge in [-0.15, -0.1) is 0 Å². The number of nitrogens with one attached hydrogen (secondary N) is 2. The van der Waals surface area contributed by atoms with Gasteiger partial charge in [-0.1, -0.05) is 0 Å². The molecule has 2 aliphatic heterocycles. The molecule has 12 heteroatoms. The normalized spacial score (nSPS) is 14.4. The quantitative estimate of drug-likeness (QED) is 0.199. The topological polar surface area (TPSA) is 136 Å². The summed E-state index contributed by atoms with van der Waals surface area (Å²) in [6, 6.07) is 3.29. The first-order chi connectivity index (χ1) is 20.4. The lowest BCUT2D eigenvalue weighted by atomic mass is 9.83. The highest BCUT2D eigenvalue weighted by Crippen LogP contribution is 2.44. The molecule has 0 aromatic heterocycles. The molecule has 0 bridgehead atoms. The van der Waals surface area contributed by atoms with E-state index < -0.39 is 23.6 Å². The average molecular weight is 585 g/mol. The van der Waals surface area contributed by atoms with Crippen molar-refractivity contribution in [1.82, 2.24) is 9.80 Å². The number of hydrogen-bond donors (Lipinski definition) is 2. The third-order valence-corrected chi connectivity index (χ3v) is 7.42. The van der Waals surface area contributed by atoms with Gasteiger partial charge in [-0.3, -0.25) is 29.0 Å². The van der Waals surface area contributed by atoms with Crippen LogP contribution in [-0.2, 0) is 18.9 Å². The number of anilines is 2. The molecule has 2 heterocycles. The van der Waals surface area contributed by atoms with Crippen molar-refractivity contribution in [3.05, 3.63) is 34.4 Å². The number of benzene rings is 2. The molecule has 228 valence electrons. The number of amides is 4. The van der Waals surface area contributed by atoms with Crippen molar-refractivity contribution in [2.45, 2.75) is 25.7 Å².